The topological polar surface area (TPSA) is 0 Å². The second-order valence-corrected chi connectivity index (χ2v) is 0.994. The van der Waals surface area contributed by atoms with E-state index in [1.807, 2.05) is 0 Å². The molecule has 0 bridgehead atoms. The molecular weight excluding hydrogens is 83.5 g/mol. The lowest BCUT2D eigenvalue weighted by Crippen LogP contribution is -1.60. The molecule has 0 unspecified atom stereocenters. The molecule has 0 aromatic rings. The van der Waals surface area contributed by atoms with Crippen molar-refractivity contribution in [2.75, 3.05) is 5.88 Å². The summed E-state index contributed by atoms with van der Waals surface area (Å²) < 4.78 is 0. The van der Waals surface area contributed by atoms with E-state index < -0.39 is 0 Å². The second kappa shape index (κ2) is 3.85. The van der Waals surface area contributed by atoms with Crippen LogP contribution in [0.1, 0.15) is 6.42 Å². The van der Waals surface area contributed by atoms with Crippen molar-refractivity contribution in [3.05, 3.63) is 6.42 Å². The molecule has 0 rings (SSSR count). The van der Waals surface area contributed by atoms with E-state index in [0.29, 0.717) is 12.3 Å². The van der Waals surface area contributed by atoms with Crippen molar-refractivity contribution in [3.8, 4) is 5.92 Å². The zero-order valence-electron chi connectivity index (χ0n) is 2.79. The highest BCUT2D eigenvalue weighted by Gasteiger charge is 1.64. The molecule has 0 aliphatic carbocycles. The minimum atomic E-state index is 0.517. The number of hydrogen-bond donors (Lipinski definition) is 0. The Labute approximate surface area is 37.1 Å². The average molecular weight is 87.5 g/mol. The molecule has 0 amide bonds. The normalized spacial score (nSPS) is 6.40. The first-order valence-electron chi connectivity index (χ1n) is 1.37. The molecule has 0 nitrogen and oxygen atoms in total. The lowest BCUT2D eigenvalue weighted by atomic mass is 10.5. The summed E-state index contributed by atoms with van der Waals surface area (Å²) in [6.07, 6.45) is 6.84. The molecule has 0 aliphatic rings. The molecule has 0 heterocycles. The Balaban J connectivity index is 2.48. The van der Waals surface area contributed by atoms with Gasteiger partial charge in [0.2, 0.25) is 0 Å². The monoisotopic (exact) mass is 87.0 g/mol. The van der Waals surface area contributed by atoms with E-state index in [9.17, 15) is 0 Å². The van der Waals surface area contributed by atoms with Crippen LogP contribution in [0.3, 0.4) is 0 Å². The maximum Gasteiger partial charge on any atom is 0.0333 e. The fourth-order valence-electron chi connectivity index (χ4n) is 0.0472. The molecule has 0 saturated heterocycles. The van der Waals surface area contributed by atoms with E-state index in [4.69, 9.17) is 18.0 Å². The number of rotatable bonds is 1. The molecule has 27 valence electrons. The zero-order valence-corrected chi connectivity index (χ0v) is 3.55. The minimum absolute atomic E-state index is 0.517. The van der Waals surface area contributed by atoms with E-state index in [2.05, 4.69) is 5.92 Å². The van der Waals surface area contributed by atoms with Crippen LogP contribution in [0.25, 0.3) is 0 Å². The van der Waals surface area contributed by atoms with E-state index in [-0.39, 0.29) is 0 Å². The van der Waals surface area contributed by atoms with E-state index in [1.165, 1.54) is 0 Å². The lowest BCUT2D eigenvalue weighted by Gasteiger charge is -1.66. The first-order valence-corrected chi connectivity index (χ1v) is 1.91. The summed E-state index contributed by atoms with van der Waals surface area (Å²) in [5, 5.41) is 0. The molecule has 0 saturated carbocycles. The van der Waals surface area contributed by atoms with Gasteiger partial charge in [-0.2, -0.15) is 0 Å². The van der Waals surface area contributed by atoms with Crippen LogP contribution >= 0.6 is 11.6 Å². The molecule has 0 atom stereocenters. The van der Waals surface area contributed by atoms with Crippen molar-refractivity contribution >= 4 is 11.6 Å². The SMILES string of the molecule is [C]#CCCCl. The van der Waals surface area contributed by atoms with Gasteiger partial charge in [0, 0.05) is 12.3 Å². The zero-order chi connectivity index (χ0) is 4.12. The van der Waals surface area contributed by atoms with Crippen molar-refractivity contribution in [2.45, 2.75) is 6.42 Å². The quantitative estimate of drug-likeness (QED) is 0.333. The standard InChI is InChI=1S/C4H4Cl/c1-2-3-4-5/h3-4H2. The summed E-state index contributed by atoms with van der Waals surface area (Å²) in [5.74, 6) is 2.65. The second-order valence-electron chi connectivity index (χ2n) is 0.616. The van der Waals surface area contributed by atoms with Gasteiger partial charge in [0.15, 0.2) is 0 Å². The van der Waals surface area contributed by atoms with Crippen LogP contribution < -0.4 is 0 Å². The number of alkyl halides is 1. The van der Waals surface area contributed by atoms with Gasteiger partial charge < -0.3 is 0 Å². The average Bonchev–Trinajstić information content (AvgIpc) is 1.41. The summed E-state index contributed by atoms with van der Waals surface area (Å²) >= 11 is 5.12. The van der Waals surface area contributed by atoms with Gasteiger partial charge in [-0.25, -0.2) is 0 Å². The molecule has 0 N–H and O–H groups in total. The van der Waals surface area contributed by atoms with Crippen molar-refractivity contribution in [1.82, 2.24) is 0 Å². The molecule has 0 aromatic heterocycles. The Kier molecular flexibility index (Phi) is 3.73. The smallest absolute Gasteiger partial charge is 0.0333 e. The van der Waals surface area contributed by atoms with Crippen LogP contribution in [-0.2, 0) is 0 Å². The van der Waals surface area contributed by atoms with Crippen molar-refractivity contribution in [2.24, 2.45) is 0 Å². The predicted molar refractivity (Wildman–Crippen MR) is 22.5 cm³/mol. The Hall–Kier alpha value is -0.150. The summed E-state index contributed by atoms with van der Waals surface area (Å²) in [6.45, 7) is 0. The van der Waals surface area contributed by atoms with Crippen LogP contribution in [0.2, 0.25) is 0 Å². The summed E-state index contributed by atoms with van der Waals surface area (Å²) in [7, 11) is 0. The number of halogens is 1. The Morgan fingerprint density at radius 1 is 1.80 bits per heavy atom. The minimum Gasteiger partial charge on any atom is -0.126 e. The van der Waals surface area contributed by atoms with Crippen molar-refractivity contribution in [1.29, 1.82) is 0 Å². The van der Waals surface area contributed by atoms with Crippen LogP contribution in [0.15, 0.2) is 0 Å². The van der Waals surface area contributed by atoms with Crippen molar-refractivity contribution < 1.29 is 0 Å². The third-order valence-electron chi connectivity index (χ3n) is 0.219. The number of hydrogen-bond acceptors (Lipinski definition) is 0. The van der Waals surface area contributed by atoms with Gasteiger partial charge in [0.25, 0.3) is 0 Å². The highest BCUT2D eigenvalue weighted by molar-refractivity contribution is 6.17. The molecule has 5 heavy (non-hydrogen) atoms. The summed E-state index contributed by atoms with van der Waals surface area (Å²) in [4.78, 5) is 0. The van der Waals surface area contributed by atoms with E-state index >= 15 is 0 Å². The molecule has 0 aromatic carbocycles. The van der Waals surface area contributed by atoms with Gasteiger partial charge in [-0.15, -0.1) is 11.6 Å². The molecular formula is C4H4Cl. The maximum absolute atomic E-state index is 6.27. The summed E-state index contributed by atoms with van der Waals surface area (Å²) in [6, 6.07) is 0. The predicted octanol–water partition coefficient (Wildman–Crippen LogP) is 1.21. The first-order chi connectivity index (χ1) is 2.41. The highest BCUT2D eigenvalue weighted by atomic mass is 35.5. The van der Waals surface area contributed by atoms with E-state index in [1.54, 1.807) is 0 Å². The fraction of sp³-hybridized carbons (Fsp3) is 0.500. The summed E-state index contributed by atoms with van der Waals surface area (Å²) in [5.41, 5.74) is 0. The van der Waals surface area contributed by atoms with Crippen molar-refractivity contribution in [3.63, 3.8) is 0 Å². The van der Waals surface area contributed by atoms with Gasteiger partial charge in [0.1, 0.15) is 0 Å². The maximum atomic E-state index is 6.27. The lowest BCUT2D eigenvalue weighted by molar-refractivity contribution is 1.29. The molecule has 0 fully saturated rings. The van der Waals surface area contributed by atoms with Gasteiger partial charge in [-0.3, -0.25) is 0 Å². The third kappa shape index (κ3) is 3.85. The van der Waals surface area contributed by atoms with Crippen LogP contribution in [-0.4, -0.2) is 5.88 Å². The highest BCUT2D eigenvalue weighted by Crippen LogP contribution is 1.76. The molecule has 1 heteroatoms. The van der Waals surface area contributed by atoms with Crippen LogP contribution in [0.5, 0.6) is 0 Å². The first kappa shape index (κ1) is 4.85. The Morgan fingerprint density at radius 2 is 2.40 bits per heavy atom. The van der Waals surface area contributed by atoms with Crippen LogP contribution in [0, 0.1) is 12.3 Å². The van der Waals surface area contributed by atoms with Gasteiger partial charge in [-0.05, 0) is 6.42 Å². The van der Waals surface area contributed by atoms with Crippen LogP contribution in [0.4, 0.5) is 0 Å². The van der Waals surface area contributed by atoms with Gasteiger partial charge in [-0.1, -0.05) is 5.92 Å². The van der Waals surface area contributed by atoms with Gasteiger partial charge >= 0.3 is 0 Å². The largest absolute Gasteiger partial charge is 0.126 e. The van der Waals surface area contributed by atoms with Gasteiger partial charge in [0.05, 0.1) is 0 Å². The fourth-order valence-corrected chi connectivity index (χ4v) is 0.142. The Morgan fingerprint density at radius 3 is 2.40 bits per heavy atom. The third-order valence-corrected chi connectivity index (χ3v) is 0.408. The van der Waals surface area contributed by atoms with E-state index in [0.717, 1.165) is 0 Å². The molecule has 1 radical (unpaired) electrons. The molecule has 0 aliphatic heterocycles. The Bertz CT molecular complexity index is 42.1. The molecule has 0 spiro atoms.